The maximum absolute atomic E-state index is 9.12. The first kappa shape index (κ1) is 13.6. The first-order valence-corrected chi connectivity index (χ1v) is 6.24. The van der Waals surface area contributed by atoms with Crippen LogP contribution < -0.4 is 5.32 Å². The van der Waals surface area contributed by atoms with Crippen LogP contribution in [0.2, 0.25) is 0 Å². The second-order valence-corrected chi connectivity index (χ2v) is 5.69. The number of thiazole rings is 1. The largest absolute Gasteiger partial charge is 0.394 e. The number of hydrogen-bond acceptors (Lipinski definition) is 5. The average Bonchev–Trinajstić information content (AvgIpc) is 2.75. The molecule has 16 heavy (non-hydrogen) atoms. The quantitative estimate of drug-likeness (QED) is 0.701. The van der Waals surface area contributed by atoms with Gasteiger partial charge >= 0.3 is 0 Å². The molecule has 0 atom stereocenters. The summed E-state index contributed by atoms with van der Waals surface area (Å²) in [5.41, 5.74) is -0.635. The fourth-order valence-corrected chi connectivity index (χ4v) is 1.99. The van der Waals surface area contributed by atoms with Gasteiger partial charge in [0.2, 0.25) is 0 Å². The third kappa shape index (κ3) is 3.52. The molecule has 0 aliphatic carbocycles. The van der Waals surface area contributed by atoms with Crippen LogP contribution in [0.15, 0.2) is 6.20 Å². The number of aliphatic hydroxyl groups excluding tert-OH is 2. The number of nitrogens with zero attached hydrogens (tertiary/aromatic N) is 1. The Morgan fingerprint density at radius 3 is 2.50 bits per heavy atom. The summed E-state index contributed by atoms with van der Waals surface area (Å²) in [7, 11) is 0. The summed E-state index contributed by atoms with van der Waals surface area (Å²) in [5, 5.41) is 22.3. The van der Waals surface area contributed by atoms with E-state index in [4.69, 9.17) is 10.2 Å². The Labute approximate surface area is 100 Å². The maximum Gasteiger partial charge on any atom is 0.107 e. The number of nitrogens with one attached hydrogen (secondary N) is 1. The van der Waals surface area contributed by atoms with Gasteiger partial charge in [-0.05, 0) is 12.8 Å². The zero-order valence-corrected chi connectivity index (χ0v) is 10.8. The summed E-state index contributed by atoms with van der Waals surface area (Å²) in [5.74, 6) is 0.494. The Kier molecular flexibility index (Phi) is 4.86. The van der Waals surface area contributed by atoms with Crippen molar-refractivity contribution >= 4 is 11.3 Å². The first-order chi connectivity index (χ1) is 7.50. The molecule has 1 aromatic rings. The summed E-state index contributed by atoms with van der Waals surface area (Å²) < 4.78 is 0. The normalized spacial score (nSPS) is 12.4. The van der Waals surface area contributed by atoms with Gasteiger partial charge in [0.15, 0.2) is 0 Å². The van der Waals surface area contributed by atoms with E-state index in [1.807, 2.05) is 6.20 Å². The molecule has 0 radical (unpaired) electrons. The standard InChI is InChI=1S/C11H20N2O2S/c1-8(2)9-4-12-10(16-9)5-13-11(3,6-14)7-15/h4,8,13-15H,5-7H2,1-3H3. The molecule has 0 spiro atoms. The Morgan fingerprint density at radius 1 is 1.44 bits per heavy atom. The Balaban J connectivity index is 2.54. The molecule has 0 aliphatic rings. The van der Waals surface area contributed by atoms with Crippen molar-refractivity contribution in [3.8, 4) is 0 Å². The van der Waals surface area contributed by atoms with Gasteiger partial charge in [-0.3, -0.25) is 0 Å². The first-order valence-electron chi connectivity index (χ1n) is 5.42. The van der Waals surface area contributed by atoms with Crippen molar-refractivity contribution in [2.45, 2.75) is 38.8 Å². The number of rotatable bonds is 6. The smallest absolute Gasteiger partial charge is 0.107 e. The van der Waals surface area contributed by atoms with Gasteiger partial charge in [-0.15, -0.1) is 11.3 Å². The van der Waals surface area contributed by atoms with Gasteiger partial charge in [0, 0.05) is 17.6 Å². The zero-order chi connectivity index (χ0) is 12.2. The van der Waals surface area contributed by atoms with Crippen molar-refractivity contribution in [1.82, 2.24) is 10.3 Å². The molecule has 0 bridgehead atoms. The van der Waals surface area contributed by atoms with Crippen LogP contribution in [-0.4, -0.2) is 33.9 Å². The molecule has 1 heterocycles. The Morgan fingerprint density at radius 2 is 2.06 bits per heavy atom. The van der Waals surface area contributed by atoms with Crippen molar-refractivity contribution in [1.29, 1.82) is 0 Å². The fourth-order valence-electron chi connectivity index (χ4n) is 1.12. The van der Waals surface area contributed by atoms with Gasteiger partial charge in [0.25, 0.3) is 0 Å². The van der Waals surface area contributed by atoms with Crippen molar-refractivity contribution in [2.75, 3.05) is 13.2 Å². The number of aliphatic hydroxyl groups is 2. The van der Waals surface area contributed by atoms with Crippen LogP contribution in [-0.2, 0) is 6.54 Å². The maximum atomic E-state index is 9.12. The minimum atomic E-state index is -0.635. The molecule has 0 amide bonds. The highest BCUT2D eigenvalue weighted by molar-refractivity contribution is 7.11. The van der Waals surface area contributed by atoms with E-state index in [1.54, 1.807) is 18.3 Å². The fraction of sp³-hybridized carbons (Fsp3) is 0.727. The van der Waals surface area contributed by atoms with Crippen LogP contribution in [0.25, 0.3) is 0 Å². The Bertz CT molecular complexity index is 322. The minimum Gasteiger partial charge on any atom is -0.394 e. The topological polar surface area (TPSA) is 65.4 Å². The molecule has 0 aromatic carbocycles. The minimum absolute atomic E-state index is 0.0914. The zero-order valence-electron chi connectivity index (χ0n) is 10.0. The van der Waals surface area contributed by atoms with E-state index >= 15 is 0 Å². The van der Waals surface area contributed by atoms with Crippen molar-refractivity contribution in [3.63, 3.8) is 0 Å². The van der Waals surface area contributed by atoms with Gasteiger partial charge in [-0.1, -0.05) is 13.8 Å². The van der Waals surface area contributed by atoms with Crippen LogP contribution >= 0.6 is 11.3 Å². The summed E-state index contributed by atoms with van der Waals surface area (Å²) in [6.45, 7) is 6.45. The van der Waals surface area contributed by atoms with E-state index in [9.17, 15) is 0 Å². The predicted molar refractivity (Wildman–Crippen MR) is 65.6 cm³/mol. The molecule has 3 N–H and O–H groups in total. The van der Waals surface area contributed by atoms with Crippen LogP contribution in [0.5, 0.6) is 0 Å². The van der Waals surface area contributed by atoms with Crippen LogP contribution in [0, 0.1) is 0 Å². The van der Waals surface area contributed by atoms with Crippen LogP contribution in [0.4, 0.5) is 0 Å². The average molecular weight is 244 g/mol. The summed E-state index contributed by atoms with van der Waals surface area (Å²) >= 11 is 1.67. The molecule has 0 saturated heterocycles. The second-order valence-electron chi connectivity index (χ2n) is 4.54. The van der Waals surface area contributed by atoms with Crippen molar-refractivity contribution in [2.24, 2.45) is 0 Å². The van der Waals surface area contributed by atoms with Crippen LogP contribution in [0.3, 0.4) is 0 Å². The van der Waals surface area contributed by atoms with Crippen LogP contribution in [0.1, 0.15) is 36.6 Å². The van der Waals surface area contributed by atoms with E-state index in [0.29, 0.717) is 12.5 Å². The van der Waals surface area contributed by atoms with E-state index in [1.165, 1.54) is 4.88 Å². The van der Waals surface area contributed by atoms with Gasteiger partial charge in [0.1, 0.15) is 5.01 Å². The molecule has 0 aliphatic heterocycles. The number of hydrogen-bond donors (Lipinski definition) is 3. The van der Waals surface area contributed by atoms with Gasteiger partial charge in [-0.25, -0.2) is 4.98 Å². The molecular formula is C11H20N2O2S. The van der Waals surface area contributed by atoms with Gasteiger partial charge < -0.3 is 15.5 Å². The predicted octanol–water partition coefficient (Wildman–Crippen LogP) is 1.10. The van der Waals surface area contributed by atoms with Gasteiger partial charge in [-0.2, -0.15) is 0 Å². The van der Waals surface area contributed by atoms with E-state index in [-0.39, 0.29) is 13.2 Å². The Hall–Kier alpha value is -0.490. The molecule has 0 fully saturated rings. The summed E-state index contributed by atoms with van der Waals surface area (Å²) in [6.07, 6.45) is 1.89. The SMILES string of the molecule is CC(C)c1cnc(CNC(C)(CO)CO)s1. The van der Waals surface area contributed by atoms with E-state index < -0.39 is 5.54 Å². The molecular weight excluding hydrogens is 224 g/mol. The highest BCUT2D eigenvalue weighted by atomic mass is 32.1. The van der Waals surface area contributed by atoms with E-state index in [2.05, 4.69) is 24.1 Å². The summed E-state index contributed by atoms with van der Waals surface area (Å²) in [6, 6.07) is 0. The highest BCUT2D eigenvalue weighted by Crippen LogP contribution is 2.21. The molecule has 1 aromatic heterocycles. The summed E-state index contributed by atoms with van der Waals surface area (Å²) in [4.78, 5) is 5.56. The van der Waals surface area contributed by atoms with E-state index in [0.717, 1.165) is 5.01 Å². The van der Waals surface area contributed by atoms with Crippen molar-refractivity contribution < 1.29 is 10.2 Å². The number of aromatic nitrogens is 1. The molecule has 92 valence electrons. The lowest BCUT2D eigenvalue weighted by Gasteiger charge is -2.25. The molecule has 1 rings (SSSR count). The third-order valence-corrected chi connectivity index (χ3v) is 3.80. The molecule has 5 heteroatoms. The molecule has 0 saturated carbocycles. The molecule has 0 unspecified atom stereocenters. The third-order valence-electron chi connectivity index (χ3n) is 2.50. The van der Waals surface area contributed by atoms with Gasteiger partial charge in [0.05, 0.1) is 18.8 Å². The van der Waals surface area contributed by atoms with Crippen molar-refractivity contribution in [3.05, 3.63) is 16.1 Å². The monoisotopic (exact) mass is 244 g/mol. The molecule has 4 nitrogen and oxygen atoms in total. The lowest BCUT2D eigenvalue weighted by molar-refractivity contribution is 0.103. The lowest BCUT2D eigenvalue weighted by atomic mass is 10.1. The lowest BCUT2D eigenvalue weighted by Crippen LogP contribution is -2.48. The second kappa shape index (κ2) is 5.72. The highest BCUT2D eigenvalue weighted by Gasteiger charge is 2.21.